The van der Waals surface area contributed by atoms with Gasteiger partial charge in [-0.2, -0.15) is 5.10 Å². The van der Waals surface area contributed by atoms with Gasteiger partial charge in [0.2, 0.25) is 0 Å². The van der Waals surface area contributed by atoms with E-state index in [1.54, 1.807) is 36.4 Å². The molecular formula is C18H19FN4O2. The minimum Gasteiger partial charge on any atom is -0.410 e. The fourth-order valence-corrected chi connectivity index (χ4v) is 2.44. The first-order valence-corrected chi connectivity index (χ1v) is 7.77. The zero-order valence-electron chi connectivity index (χ0n) is 14.2. The number of amides is 1. The van der Waals surface area contributed by atoms with Crippen LogP contribution in [0.2, 0.25) is 0 Å². The molecule has 1 heterocycles. The van der Waals surface area contributed by atoms with Crippen LogP contribution in [0.5, 0.6) is 5.75 Å². The summed E-state index contributed by atoms with van der Waals surface area (Å²) >= 11 is 0. The molecule has 0 unspecified atom stereocenters. The molecule has 0 bridgehead atoms. The maximum atomic E-state index is 14.6. The summed E-state index contributed by atoms with van der Waals surface area (Å²) in [5.41, 5.74) is 6.61. The van der Waals surface area contributed by atoms with E-state index in [0.717, 1.165) is 0 Å². The normalized spacial score (nSPS) is 11.5. The maximum absolute atomic E-state index is 14.6. The fourth-order valence-electron chi connectivity index (χ4n) is 2.44. The zero-order valence-corrected chi connectivity index (χ0v) is 14.2. The number of anilines is 1. The van der Waals surface area contributed by atoms with Crippen molar-refractivity contribution in [3.63, 3.8) is 0 Å². The first-order valence-electron chi connectivity index (χ1n) is 7.77. The average molecular weight is 342 g/mol. The van der Waals surface area contributed by atoms with Gasteiger partial charge in [0.15, 0.2) is 11.6 Å². The number of ether oxygens (including phenoxy) is 1. The highest BCUT2D eigenvalue weighted by Crippen LogP contribution is 2.30. The molecule has 3 rings (SSSR count). The molecule has 25 heavy (non-hydrogen) atoms. The molecule has 0 atom stereocenters. The van der Waals surface area contributed by atoms with Gasteiger partial charge in [-0.3, -0.25) is 5.10 Å². The fraction of sp³-hybridized carbons (Fsp3) is 0.222. The summed E-state index contributed by atoms with van der Waals surface area (Å²) in [5, 5.41) is 9.66. The van der Waals surface area contributed by atoms with Crippen molar-refractivity contribution >= 4 is 22.8 Å². The van der Waals surface area contributed by atoms with Crippen LogP contribution in [0, 0.1) is 5.82 Å². The molecule has 0 saturated carbocycles. The molecule has 0 aliphatic rings. The van der Waals surface area contributed by atoms with E-state index < -0.39 is 11.9 Å². The van der Waals surface area contributed by atoms with Crippen molar-refractivity contribution in [1.29, 1.82) is 0 Å². The number of halogens is 1. The zero-order chi connectivity index (χ0) is 18.2. The number of carbonyl (C=O) groups is 1. The molecule has 7 heteroatoms. The number of hydrogen-bond donors (Lipinski definition) is 3. The van der Waals surface area contributed by atoms with E-state index in [-0.39, 0.29) is 16.9 Å². The highest BCUT2D eigenvalue weighted by Gasteiger charge is 2.16. The largest absolute Gasteiger partial charge is 0.413 e. The number of hydrogen-bond acceptors (Lipinski definition) is 4. The van der Waals surface area contributed by atoms with E-state index in [9.17, 15) is 9.18 Å². The third-order valence-corrected chi connectivity index (χ3v) is 3.56. The van der Waals surface area contributed by atoms with Crippen molar-refractivity contribution < 1.29 is 13.9 Å². The van der Waals surface area contributed by atoms with Crippen molar-refractivity contribution in [1.82, 2.24) is 15.5 Å². The van der Waals surface area contributed by atoms with E-state index in [0.29, 0.717) is 22.3 Å². The van der Waals surface area contributed by atoms with Gasteiger partial charge >= 0.3 is 6.09 Å². The summed E-state index contributed by atoms with van der Waals surface area (Å²) < 4.78 is 19.9. The van der Waals surface area contributed by atoms with Gasteiger partial charge in [-0.25, -0.2) is 9.18 Å². The average Bonchev–Trinajstić information content (AvgIpc) is 2.89. The minimum atomic E-state index is -0.541. The van der Waals surface area contributed by atoms with Crippen LogP contribution in [0.25, 0.3) is 22.0 Å². The van der Waals surface area contributed by atoms with E-state index in [1.807, 2.05) is 20.8 Å². The minimum absolute atomic E-state index is 0.258. The molecule has 1 aromatic heterocycles. The third kappa shape index (κ3) is 3.55. The van der Waals surface area contributed by atoms with Gasteiger partial charge in [-0.05, 0) is 44.5 Å². The second kappa shape index (κ2) is 6.08. The van der Waals surface area contributed by atoms with Gasteiger partial charge < -0.3 is 15.8 Å². The number of rotatable bonds is 2. The first-order chi connectivity index (χ1) is 11.7. The summed E-state index contributed by atoms with van der Waals surface area (Å²) in [6.07, 6.45) is -0.541. The maximum Gasteiger partial charge on any atom is 0.413 e. The van der Waals surface area contributed by atoms with Gasteiger partial charge in [-0.1, -0.05) is 18.2 Å². The second-order valence-corrected chi connectivity index (χ2v) is 6.75. The van der Waals surface area contributed by atoms with Crippen LogP contribution in [0.1, 0.15) is 20.8 Å². The Morgan fingerprint density at radius 3 is 2.52 bits per heavy atom. The molecular weight excluding hydrogens is 323 g/mol. The van der Waals surface area contributed by atoms with Crippen molar-refractivity contribution in [2.75, 3.05) is 5.73 Å². The number of aromatic amines is 1. The molecule has 130 valence electrons. The molecule has 3 aromatic rings. The monoisotopic (exact) mass is 342 g/mol. The number of nitrogens with two attached hydrogens (primary N) is 1. The Balaban J connectivity index is 1.83. The lowest BCUT2D eigenvalue weighted by molar-refractivity contribution is 0.190. The molecule has 0 radical (unpaired) electrons. The molecule has 0 fully saturated rings. The predicted octanol–water partition coefficient (Wildman–Crippen LogP) is 3.84. The van der Waals surface area contributed by atoms with E-state index in [1.165, 1.54) is 0 Å². The van der Waals surface area contributed by atoms with Crippen LogP contribution in [0.15, 0.2) is 36.4 Å². The van der Waals surface area contributed by atoms with Gasteiger partial charge in [0.05, 0.1) is 0 Å². The lowest BCUT2D eigenvalue weighted by atomic mass is 10.0. The SMILES string of the molecule is CC(C)(C)NC(=O)Oc1ccc(-c2ccc3c(N)n[nH]c3c2F)cc1. The van der Waals surface area contributed by atoms with Gasteiger partial charge in [0.25, 0.3) is 0 Å². The first kappa shape index (κ1) is 16.8. The molecule has 0 aliphatic heterocycles. The van der Waals surface area contributed by atoms with E-state index in [2.05, 4.69) is 15.5 Å². The Bertz CT molecular complexity index is 927. The number of nitrogens with one attached hydrogen (secondary N) is 2. The van der Waals surface area contributed by atoms with E-state index in [4.69, 9.17) is 10.5 Å². The standard InChI is InChI=1S/C18H19FN4O2/c1-18(2,3)21-17(24)25-11-6-4-10(5-7-11)12-8-9-13-15(14(12)19)22-23-16(13)20/h4-9H,1-3H3,(H,21,24)(H3,20,22,23). The molecule has 6 nitrogen and oxygen atoms in total. The van der Waals surface area contributed by atoms with Crippen molar-refractivity contribution in [2.45, 2.75) is 26.3 Å². The van der Waals surface area contributed by atoms with Gasteiger partial charge in [-0.15, -0.1) is 0 Å². The second-order valence-electron chi connectivity index (χ2n) is 6.75. The summed E-state index contributed by atoms with van der Waals surface area (Å²) in [7, 11) is 0. The highest BCUT2D eigenvalue weighted by molar-refractivity contribution is 5.92. The molecule has 2 aromatic carbocycles. The number of carbonyl (C=O) groups excluding carboxylic acids is 1. The summed E-state index contributed by atoms with van der Waals surface area (Å²) in [6, 6.07) is 9.96. The molecule has 1 amide bonds. The van der Waals surface area contributed by atoms with Crippen LogP contribution in [0.4, 0.5) is 15.0 Å². The lowest BCUT2D eigenvalue weighted by Crippen LogP contribution is -2.42. The van der Waals surface area contributed by atoms with Gasteiger partial charge in [0.1, 0.15) is 11.3 Å². The molecule has 0 aliphatic carbocycles. The van der Waals surface area contributed by atoms with Crippen molar-refractivity contribution in [2.24, 2.45) is 0 Å². The summed E-state index contributed by atoms with van der Waals surface area (Å²) in [6.45, 7) is 5.58. The highest BCUT2D eigenvalue weighted by atomic mass is 19.1. The van der Waals surface area contributed by atoms with E-state index >= 15 is 0 Å². The van der Waals surface area contributed by atoms with Crippen LogP contribution in [-0.4, -0.2) is 21.8 Å². The van der Waals surface area contributed by atoms with Crippen LogP contribution in [0.3, 0.4) is 0 Å². The number of benzene rings is 2. The molecule has 0 spiro atoms. The number of aromatic nitrogens is 2. The number of nitrogen functional groups attached to an aromatic ring is 1. The Morgan fingerprint density at radius 1 is 1.20 bits per heavy atom. The summed E-state index contributed by atoms with van der Waals surface area (Å²) in [4.78, 5) is 11.8. The molecule has 0 saturated heterocycles. The Kier molecular flexibility index (Phi) is 4.08. The topological polar surface area (TPSA) is 93.0 Å². The summed E-state index contributed by atoms with van der Waals surface area (Å²) in [5.74, 6) is 0.202. The Labute approximate surface area is 144 Å². The number of nitrogens with zero attached hydrogens (tertiary/aromatic N) is 1. The Hall–Kier alpha value is -3.09. The number of fused-ring (bicyclic) bond motifs is 1. The predicted molar refractivity (Wildman–Crippen MR) is 94.8 cm³/mol. The van der Waals surface area contributed by atoms with Gasteiger partial charge in [0, 0.05) is 16.5 Å². The van der Waals surface area contributed by atoms with Crippen LogP contribution >= 0.6 is 0 Å². The number of H-pyrrole nitrogens is 1. The molecule has 4 N–H and O–H groups in total. The third-order valence-electron chi connectivity index (χ3n) is 3.56. The van der Waals surface area contributed by atoms with Crippen molar-refractivity contribution in [3.05, 3.63) is 42.2 Å². The lowest BCUT2D eigenvalue weighted by Gasteiger charge is -2.19. The van der Waals surface area contributed by atoms with Crippen molar-refractivity contribution in [3.8, 4) is 16.9 Å². The van der Waals surface area contributed by atoms with Crippen LogP contribution in [-0.2, 0) is 0 Å². The quantitative estimate of drug-likeness (QED) is 0.660. The Morgan fingerprint density at radius 2 is 1.88 bits per heavy atom. The van der Waals surface area contributed by atoms with Crippen LogP contribution < -0.4 is 15.8 Å². The smallest absolute Gasteiger partial charge is 0.410 e.